The van der Waals surface area contributed by atoms with E-state index in [1.807, 2.05) is 16.9 Å². The molecule has 0 saturated heterocycles. The van der Waals surface area contributed by atoms with Crippen molar-refractivity contribution in [2.24, 2.45) is 0 Å². The summed E-state index contributed by atoms with van der Waals surface area (Å²) >= 11 is 0. The second-order valence-electron chi connectivity index (χ2n) is 2.38. The SMILES string of the molecule is [CH2-]CNc1ccn(CCOC)n1.[Y]. The van der Waals surface area contributed by atoms with E-state index in [9.17, 15) is 0 Å². The maximum atomic E-state index is 4.92. The van der Waals surface area contributed by atoms with Gasteiger partial charge in [0, 0.05) is 52.1 Å². The normalized spacial score (nSPS) is 9.38. The van der Waals surface area contributed by atoms with Crippen molar-refractivity contribution < 1.29 is 37.4 Å². The van der Waals surface area contributed by atoms with Gasteiger partial charge in [-0.25, -0.2) is 0 Å². The Balaban J connectivity index is 0.00000144. The molecule has 1 radical (unpaired) electrons. The number of ether oxygens (including phenoxy) is 1. The molecule has 1 heterocycles. The standard InChI is InChI=1S/C8H14N3O.Y/c1-3-9-8-4-5-11(10-8)6-7-12-2;/h4-5H,1,3,6-7H2,2H3,(H,9,10);/q-1;. The van der Waals surface area contributed by atoms with Gasteiger partial charge in [0.05, 0.1) is 13.2 Å². The topological polar surface area (TPSA) is 39.1 Å². The van der Waals surface area contributed by atoms with Crippen LogP contribution in [0.15, 0.2) is 12.3 Å². The van der Waals surface area contributed by atoms with Gasteiger partial charge >= 0.3 is 0 Å². The number of aromatic nitrogens is 2. The summed E-state index contributed by atoms with van der Waals surface area (Å²) in [7, 11) is 1.68. The third kappa shape index (κ3) is 4.74. The van der Waals surface area contributed by atoms with Crippen molar-refractivity contribution in [3.8, 4) is 0 Å². The summed E-state index contributed by atoms with van der Waals surface area (Å²) in [6, 6.07) is 1.92. The molecule has 0 aliphatic carbocycles. The number of nitrogens with one attached hydrogen (secondary N) is 1. The maximum absolute atomic E-state index is 4.92. The van der Waals surface area contributed by atoms with Gasteiger partial charge in [0.2, 0.25) is 0 Å². The predicted octanol–water partition coefficient (Wildman–Crippen LogP) is 0.773. The zero-order chi connectivity index (χ0) is 8.81. The van der Waals surface area contributed by atoms with E-state index in [0.29, 0.717) is 13.2 Å². The van der Waals surface area contributed by atoms with Crippen molar-refractivity contribution in [1.29, 1.82) is 0 Å². The van der Waals surface area contributed by atoms with E-state index in [4.69, 9.17) is 4.74 Å². The Kier molecular flexibility index (Phi) is 7.52. The summed E-state index contributed by atoms with van der Waals surface area (Å²) in [6.45, 7) is 5.79. The van der Waals surface area contributed by atoms with Gasteiger partial charge in [-0.15, -0.1) is 6.54 Å². The van der Waals surface area contributed by atoms with Crippen molar-refractivity contribution in [3.05, 3.63) is 19.2 Å². The van der Waals surface area contributed by atoms with E-state index < -0.39 is 0 Å². The summed E-state index contributed by atoms with van der Waals surface area (Å²) in [5.41, 5.74) is 0. The quantitative estimate of drug-likeness (QED) is 0.792. The van der Waals surface area contributed by atoms with Crippen molar-refractivity contribution in [2.75, 3.05) is 25.6 Å². The average molecular weight is 257 g/mol. The largest absolute Gasteiger partial charge is 0.399 e. The van der Waals surface area contributed by atoms with Crippen LogP contribution in [0.2, 0.25) is 0 Å². The second-order valence-corrected chi connectivity index (χ2v) is 2.38. The molecule has 0 atom stereocenters. The molecule has 71 valence electrons. The van der Waals surface area contributed by atoms with Gasteiger partial charge in [0.1, 0.15) is 5.82 Å². The van der Waals surface area contributed by atoms with E-state index in [1.165, 1.54) is 0 Å². The molecule has 0 unspecified atom stereocenters. The molecule has 0 fully saturated rings. The molecule has 1 N–H and O–H groups in total. The first-order valence-electron chi connectivity index (χ1n) is 3.92. The van der Waals surface area contributed by atoms with E-state index in [0.717, 1.165) is 12.4 Å². The average Bonchev–Trinajstić information content (AvgIpc) is 2.50. The predicted molar refractivity (Wildman–Crippen MR) is 47.9 cm³/mol. The van der Waals surface area contributed by atoms with Gasteiger partial charge in [0.15, 0.2) is 0 Å². The summed E-state index contributed by atoms with van der Waals surface area (Å²) in [6.07, 6.45) is 1.91. The molecule has 1 aromatic heterocycles. The number of hydrogen-bond donors (Lipinski definition) is 1. The van der Waals surface area contributed by atoms with Crippen LogP contribution in [-0.2, 0) is 44.0 Å². The first kappa shape index (κ1) is 13.1. The fourth-order valence-corrected chi connectivity index (χ4v) is 0.893. The number of rotatable bonds is 5. The summed E-state index contributed by atoms with van der Waals surface area (Å²) in [5, 5.41) is 7.24. The van der Waals surface area contributed by atoms with Crippen molar-refractivity contribution in [3.63, 3.8) is 0 Å². The minimum absolute atomic E-state index is 0. The molecule has 0 amide bonds. The van der Waals surface area contributed by atoms with Crippen molar-refractivity contribution in [1.82, 2.24) is 9.78 Å². The van der Waals surface area contributed by atoms with Gasteiger partial charge in [-0.2, -0.15) is 5.10 Å². The van der Waals surface area contributed by atoms with Crippen LogP contribution >= 0.6 is 0 Å². The Labute approximate surface area is 104 Å². The summed E-state index contributed by atoms with van der Waals surface area (Å²) < 4.78 is 6.76. The third-order valence-corrected chi connectivity index (χ3v) is 1.47. The molecule has 1 aromatic rings. The molecular weight excluding hydrogens is 243 g/mol. The molecule has 0 aliphatic heterocycles. The number of methoxy groups -OCH3 is 1. The van der Waals surface area contributed by atoms with E-state index in [-0.39, 0.29) is 32.7 Å². The molecule has 0 aliphatic rings. The zero-order valence-electron chi connectivity index (χ0n) is 7.86. The fraction of sp³-hybridized carbons (Fsp3) is 0.500. The molecule has 0 bridgehead atoms. The van der Waals surface area contributed by atoms with Gasteiger partial charge < -0.3 is 17.0 Å². The van der Waals surface area contributed by atoms with Gasteiger partial charge in [-0.05, 0) is 0 Å². The Morgan fingerprint density at radius 2 is 2.46 bits per heavy atom. The summed E-state index contributed by atoms with van der Waals surface area (Å²) in [5.74, 6) is 0.862. The smallest absolute Gasteiger partial charge is 0.145 e. The van der Waals surface area contributed by atoms with E-state index >= 15 is 0 Å². The number of hydrogen-bond acceptors (Lipinski definition) is 3. The van der Waals surface area contributed by atoms with Gasteiger partial charge in [-0.1, -0.05) is 0 Å². The minimum atomic E-state index is 0. The van der Waals surface area contributed by atoms with Crippen LogP contribution in [0.5, 0.6) is 0 Å². The van der Waals surface area contributed by atoms with Crippen molar-refractivity contribution in [2.45, 2.75) is 6.54 Å². The molecule has 1 rings (SSSR count). The Morgan fingerprint density at radius 3 is 3.08 bits per heavy atom. The summed E-state index contributed by atoms with van der Waals surface area (Å²) in [4.78, 5) is 0. The molecule has 0 saturated carbocycles. The number of nitrogens with zero attached hydrogens (tertiary/aromatic N) is 2. The first-order valence-corrected chi connectivity index (χ1v) is 3.92. The molecular formula is C8H14N3OY-. The molecule has 0 spiro atoms. The van der Waals surface area contributed by atoms with Crippen LogP contribution in [0.4, 0.5) is 5.82 Å². The van der Waals surface area contributed by atoms with Crippen LogP contribution in [0, 0.1) is 6.92 Å². The second kappa shape index (κ2) is 7.48. The van der Waals surface area contributed by atoms with Crippen LogP contribution in [0.1, 0.15) is 0 Å². The molecule has 13 heavy (non-hydrogen) atoms. The Morgan fingerprint density at radius 1 is 1.69 bits per heavy atom. The van der Waals surface area contributed by atoms with E-state index in [1.54, 1.807) is 7.11 Å². The van der Waals surface area contributed by atoms with Gasteiger partial charge in [0.25, 0.3) is 0 Å². The van der Waals surface area contributed by atoms with Crippen LogP contribution < -0.4 is 5.32 Å². The third-order valence-electron chi connectivity index (χ3n) is 1.47. The number of anilines is 1. The van der Waals surface area contributed by atoms with Gasteiger partial charge in [-0.3, -0.25) is 4.68 Å². The Bertz CT molecular complexity index is 227. The maximum Gasteiger partial charge on any atom is 0.145 e. The molecule has 5 heteroatoms. The Hall–Kier alpha value is 0.0739. The van der Waals surface area contributed by atoms with Crippen molar-refractivity contribution >= 4 is 5.82 Å². The molecule has 0 aromatic carbocycles. The van der Waals surface area contributed by atoms with Crippen LogP contribution in [0.25, 0.3) is 0 Å². The minimum Gasteiger partial charge on any atom is -0.399 e. The van der Waals surface area contributed by atoms with Crippen LogP contribution in [0.3, 0.4) is 0 Å². The monoisotopic (exact) mass is 257 g/mol. The zero-order valence-corrected chi connectivity index (χ0v) is 10.7. The molecule has 4 nitrogen and oxygen atoms in total. The van der Waals surface area contributed by atoms with E-state index in [2.05, 4.69) is 17.3 Å². The fourth-order valence-electron chi connectivity index (χ4n) is 0.893. The first-order chi connectivity index (χ1) is 5.86. The van der Waals surface area contributed by atoms with Crippen LogP contribution in [-0.4, -0.2) is 30.0 Å².